The average Bonchev–Trinajstić information content (AvgIpc) is 3.20. The van der Waals surface area contributed by atoms with Crippen LogP contribution in [0.25, 0.3) is 21.3 Å². The van der Waals surface area contributed by atoms with Gasteiger partial charge in [0.05, 0.1) is 20.6 Å². The van der Waals surface area contributed by atoms with E-state index in [1.807, 2.05) is 36.7 Å². The van der Waals surface area contributed by atoms with Crippen molar-refractivity contribution in [2.45, 2.75) is 11.8 Å². The van der Waals surface area contributed by atoms with Crippen molar-refractivity contribution in [1.29, 1.82) is 0 Å². The maximum Gasteiger partial charge on any atom is 0.297 e. The number of nitrogens with zero attached hydrogens (tertiary/aromatic N) is 1. The first-order valence-electron chi connectivity index (χ1n) is 9.04. The first kappa shape index (κ1) is 19.6. The third-order valence-corrected chi connectivity index (χ3v) is 6.55. The Bertz CT molecular complexity index is 1210. The van der Waals surface area contributed by atoms with Gasteiger partial charge in [0.25, 0.3) is 10.1 Å². The Morgan fingerprint density at radius 3 is 2.38 bits per heavy atom. The van der Waals surface area contributed by atoms with Gasteiger partial charge in [-0.2, -0.15) is 8.42 Å². The normalized spacial score (nSPS) is 11.6. The minimum atomic E-state index is -3.77. The van der Waals surface area contributed by atoms with Crippen molar-refractivity contribution in [3.05, 3.63) is 77.8 Å². The van der Waals surface area contributed by atoms with Gasteiger partial charge in [-0.1, -0.05) is 35.9 Å². The molecule has 7 heteroatoms. The SMILES string of the molecule is Cc1ccc(S(=O)(=O)OCCOc2ccc(-c3ccc4scnc4c3)cc2)cc1. The number of hydrogen-bond acceptors (Lipinski definition) is 6. The van der Waals surface area contributed by atoms with Crippen LogP contribution in [0.1, 0.15) is 5.56 Å². The van der Waals surface area contributed by atoms with Crippen LogP contribution in [0.5, 0.6) is 5.75 Å². The minimum Gasteiger partial charge on any atom is -0.491 e. The quantitative estimate of drug-likeness (QED) is 0.306. The second-order valence-corrected chi connectivity index (χ2v) is 9.00. The van der Waals surface area contributed by atoms with Crippen LogP contribution in [0.4, 0.5) is 0 Å². The highest BCUT2D eigenvalue weighted by atomic mass is 32.2. The van der Waals surface area contributed by atoms with E-state index in [1.165, 1.54) is 12.1 Å². The first-order valence-corrected chi connectivity index (χ1v) is 11.3. The summed E-state index contributed by atoms with van der Waals surface area (Å²) in [4.78, 5) is 4.49. The maximum atomic E-state index is 12.1. The Balaban J connectivity index is 1.33. The van der Waals surface area contributed by atoms with Crippen LogP contribution in [0, 0.1) is 6.92 Å². The van der Waals surface area contributed by atoms with Gasteiger partial charge in [0.15, 0.2) is 0 Å². The summed E-state index contributed by atoms with van der Waals surface area (Å²) in [7, 11) is -3.77. The molecule has 4 rings (SSSR count). The Morgan fingerprint density at radius 2 is 1.62 bits per heavy atom. The Hall–Kier alpha value is -2.74. The molecule has 0 saturated carbocycles. The third kappa shape index (κ3) is 4.64. The Kier molecular flexibility index (Phi) is 5.62. The van der Waals surface area contributed by atoms with Crippen molar-refractivity contribution in [3.63, 3.8) is 0 Å². The van der Waals surface area contributed by atoms with E-state index in [0.29, 0.717) is 5.75 Å². The van der Waals surface area contributed by atoms with Gasteiger partial charge in [-0.05, 0) is 54.4 Å². The van der Waals surface area contributed by atoms with E-state index in [9.17, 15) is 8.42 Å². The van der Waals surface area contributed by atoms with E-state index in [1.54, 1.807) is 23.5 Å². The van der Waals surface area contributed by atoms with Crippen LogP contribution >= 0.6 is 11.3 Å². The number of hydrogen-bond donors (Lipinski definition) is 0. The summed E-state index contributed by atoms with van der Waals surface area (Å²) in [5.74, 6) is 0.653. The zero-order chi connectivity index (χ0) is 20.3. The summed E-state index contributed by atoms with van der Waals surface area (Å²) < 4.78 is 36.1. The van der Waals surface area contributed by atoms with Crippen LogP contribution in [-0.2, 0) is 14.3 Å². The molecule has 0 bridgehead atoms. The van der Waals surface area contributed by atoms with Gasteiger partial charge in [-0.25, -0.2) is 4.98 Å². The highest BCUT2D eigenvalue weighted by Gasteiger charge is 2.14. The highest BCUT2D eigenvalue weighted by molar-refractivity contribution is 7.86. The molecule has 0 fully saturated rings. The van der Waals surface area contributed by atoms with Crippen LogP contribution in [0.15, 0.2) is 77.1 Å². The fourth-order valence-corrected chi connectivity index (χ4v) is 4.41. The smallest absolute Gasteiger partial charge is 0.297 e. The molecule has 0 saturated heterocycles. The van der Waals surface area contributed by atoms with Crippen molar-refractivity contribution in [1.82, 2.24) is 4.98 Å². The Labute approximate surface area is 173 Å². The van der Waals surface area contributed by atoms with Gasteiger partial charge < -0.3 is 4.74 Å². The topological polar surface area (TPSA) is 65.5 Å². The van der Waals surface area contributed by atoms with E-state index in [2.05, 4.69) is 23.2 Å². The standard InChI is InChI=1S/C22H19NO4S2/c1-16-2-9-20(10-3-16)29(24,25)27-13-12-26-19-7-4-17(5-8-19)18-6-11-22-21(14-18)23-15-28-22/h2-11,14-15H,12-13H2,1H3. The van der Waals surface area contributed by atoms with Crippen molar-refractivity contribution in [2.75, 3.05) is 13.2 Å². The summed E-state index contributed by atoms with van der Waals surface area (Å²) in [6, 6.07) is 20.4. The minimum absolute atomic E-state index is 0.0571. The van der Waals surface area contributed by atoms with E-state index in [0.717, 1.165) is 26.9 Å². The molecule has 3 aromatic carbocycles. The summed E-state index contributed by atoms with van der Waals surface area (Å²) >= 11 is 1.62. The molecule has 0 aliphatic carbocycles. The fourth-order valence-electron chi connectivity index (χ4n) is 2.86. The van der Waals surface area contributed by atoms with Crippen molar-refractivity contribution >= 4 is 31.7 Å². The molecule has 5 nitrogen and oxygen atoms in total. The van der Waals surface area contributed by atoms with Gasteiger partial charge in [0.1, 0.15) is 19.0 Å². The largest absolute Gasteiger partial charge is 0.491 e. The van der Waals surface area contributed by atoms with E-state index in [-0.39, 0.29) is 18.1 Å². The van der Waals surface area contributed by atoms with Gasteiger partial charge >= 0.3 is 0 Å². The molecule has 0 atom stereocenters. The lowest BCUT2D eigenvalue weighted by molar-refractivity contribution is 0.221. The molecule has 1 aromatic heterocycles. The number of aromatic nitrogens is 1. The lowest BCUT2D eigenvalue weighted by Crippen LogP contribution is -2.13. The number of benzene rings is 3. The van der Waals surface area contributed by atoms with Crippen molar-refractivity contribution in [3.8, 4) is 16.9 Å². The van der Waals surface area contributed by atoms with Crippen LogP contribution in [0.3, 0.4) is 0 Å². The van der Waals surface area contributed by atoms with Crippen LogP contribution in [-0.4, -0.2) is 26.6 Å². The molecule has 1 heterocycles. The predicted molar refractivity (Wildman–Crippen MR) is 115 cm³/mol. The molecule has 148 valence electrons. The van der Waals surface area contributed by atoms with Gasteiger partial charge in [-0.3, -0.25) is 4.18 Å². The summed E-state index contributed by atoms with van der Waals surface area (Å²) in [6.07, 6.45) is 0. The molecule has 0 spiro atoms. The predicted octanol–water partition coefficient (Wildman–Crippen LogP) is 5.06. The van der Waals surface area contributed by atoms with E-state index in [4.69, 9.17) is 8.92 Å². The Morgan fingerprint density at radius 1 is 0.897 bits per heavy atom. The van der Waals surface area contributed by atoms with Gasteiger partial charge in [0.2, 0.25) is 0 Å². The molecular formula is C22H19NO4S2. The molecule has 0 amide bonds. The number of ether oxygens (including phenoxy) is 1. The molecule has 0 aliphatic heterocycles. The maximum absolute atomic E-state index is 12.1. The van der Waals surface area contributed by atoms with Gasteiger partial charge in [-0.15, -0.1) is 11.3 Å². The molecule has 0 aliphatic rings. The summed E-state index contributed by atoms with van der Waals surface area (Å²) in [6.45, 7) is 1.97. The molecule has 29 heavy (non-hydrogen) atoms. The van der Waals surface area contributed by atoms with Crippen LogP contribution < -0.4 is 4.74 Å². The van der Waals surface area contributed by atoms with E-state index >= 15 is 0 Å². The second-order valence-electron chi connectivity index (χ2n) is 6.50. The molecule has 0 unspecified atom stereocenters. The van der Waals surface area contributed by atoms with Crippen LogP contribution in [0.2, 0.25) is 0 Å². The summed E-state index contributed by atoms with van der Waals surface area (Å²) in [5, 5.41) is 0. The highest BCUT2D eigenvalue weighted by Crippen LogP contribution is 2.27. The second kappa shape index (κ2) is 8.32. The zero-order valence-electron chi connectivity index (χ0n) is 15.7. The number of thiazole rings is 1. The number of fused-ring (bicyclic) bond motifs is 1. The molecular weight excluding hydrogens is 406 g/mol. The van der Waals surface area contributed by atoms with E-state index < -0.39 is 10.1 Å². The van der Waals surface area contributed by atoms with Gasteiger partial charge in [0, 0.05) is 0 Å². The molecule has 4 aromatic rings. The number of aryl methyl sites for hydroxylation is 1. The first-order chi connectivity index (χ1) is 14.0. The lowest BCUT2D eigenvalue weighted by atomic mass is 10.1. The average molecular weight is 426 g/mol. The zero-order valence-corrected chi connectivity index (χ0v) is 17.4. The van der Waals surface area contributed by atoms with Crippen molar-refractivity contribution < 1.29 is 17.3 Å². The summed E-state index contributed by atoms with van der Waals surface area (Å²) in [5.41, 5.74) is 5.96. The monoisotopic (exact) mass is 425 g/mol. The molecule has 0 radical (unpaired) electrons. The fraction of sp³-hybridized carbons (Fsp3) is 0.136. The third-order valence-electron chi connectivity index (χ3n) is 4.42. The molecule has 0 N–H and O–H groups in total. The van der Waals surface area contributed by atoms with Crippen molar-refractivity contribution in [2.24, 2.45) is 0 Å². The lowest BCUT2D eigenvalue weighted by Gasteiger charge is -2.09. The number of rotatable bonds is 7.